The van der Waals surface area contributed by atoms with Crippen molar-refractivity contribution in [2.24, 2.45) is 0 Å². The van der Waals surface area contributed by atoms with E-state index >= 15 is 0 Å². The van der Waals surface area contributed by atoms with E-state index in [-0.39, 0.29) is 0 Å². The molecule has 5 heteroatoms. The zero-order chi connectivity index (χ0) is 15.4. The van der Waals surface area contributed by atoms with E-state index in [1.165, 1.54) is 11.1 Å². The Kier molecular flexibility index (Phi) is 4.44. The summed E-state index contributed by atoms with van der Waals surface area (Å²) >= 11 is 1.61. The number of aromatic amines is 1. The van der Waals surface area contributed by atoms with Crippen molar-refractivity contribution in [1.82, 2.24) is 15.2 Å². The highest BCUT2D eigenvalue weighted by molar-refractivity contribution is 7.98. The molecule has 0 unspecified atom stereocenters. The monoisotopic (exact) mass is 311 g/mol. The Bertz CT molecular complexity index is 735. The summed E-state index contributed by atoms with van der Waals surface area (Å²) in [6, 6.07) is 16.3. The second-order valence-corrected chi connectivity index (χ2v) is 5.91. The number of methoxy groups -OCH3 is 1. The van der Waals surface area contributed by atoms with Gasteiger partial charge in [0.2, 0.25) is 5.16 Å². The molecule has 0 aliphatic rings. The topological polar surface area (TPSA) is 50.8 Å². The van der Waals surface area contributed by atoms with E-state index in [1.54, 1.807) is 18.9 Å². The number of nitrogens with one attached hydrogen (secondary N) is 1. The maximum absolute atomic E-state index is 5.16. The van der Waals surface area contributed by atoms with Crippen LogP contribution in [0.2, 0.25) is 0 Å². The number of benzene rings is 2. The van der Waals surface area contributed by atoms with E-state index in [1.807, 2.05) is 24.3 Å². The number of ether oxygens (including phenoxy) is 1. The molecule has 1 heterocycles. The highest BCUT2D eigenvalue weighted by Crippen LogP contribution is 2.23. The van der Waals surface area contributed by atoms with Crippen molar-refractivity contribution in [2.45, 2.75) is 17.8 Å². The third-order valence-corrected chi connectivity index (χ3v) is 4.24. The van der Waals surface area contributed by atoms with Gasteiger partial charge in [-0.05, 0) is 24.6 Å². The fourth-order valence-electron chi connectivity index (χ4n) is 2.02. The second-order valence-electron chi connectivity index (χ2n) is 4.97. The van der Waals surface area contributed by atoms with Crippen LogP contribution in [0.15, 0.2) is 53.7 Å². The summed E-state index contributed by atoms with van der Waals surface area (Å²) in [6.45, 7) is 2.07. The Hall–Kier alpha value is -2.27. The van der Waals surface area contributed by atoms with Gasteiger partial charge in [0.25, 0.3) is 0 Å². The van der Waals surface area contributed by atoms with Crippen molar-refractivity contribution in [3.05, 3.63) is 59.7 Å². The number of hydrogen-bond donors (Lipinski definition) is 1. The molecule has 0 aliphatic carbocycles. The molecule has 4 nitrogen and oxygen atoms in total. The molecule has 3 rings (SSSR count). The van der Waals surface area contributed by atoms with Crippen molar-refractivity contribution in [3.8, 4) is 17.1 Å². The van der Waals surface area contributed by atoms with Crippen LogP contribution in [-0.4, -0.2) is 22.3 Å². The first-order valence-electron chi connectivity index (χ1n) is 7.00. The summed E-state index contributed by atoms with van der Waals surface area (Å²) in [6.07, 6.45) is 0. The zero-order valence-corrected chi connectivity index (χ0v) is 13.4. The van der Waals surface area contributed by atoms with Gasteiger partial charge in [-0.15, -0.1) is 5.10 Å². The standard InChI is InChI=1S/C17H17N3OS/c1-12-3-7-14(8-4-12)16-18-17(20-19-16)22-11-13-5-9-15(21-2)10-6-13/h3-10H,11H2,1-2H3,(H,18,19,20). The average Bonchev–Trinajstić information content (AvgIpc) is 3.03. The van der Waals surface area contributed by atoms with Crippen LogP contribution in [-0.2, 0) is 5.75 Å². The van der Waals surface area contributed by atoms with Gasteiger partial charge in [0.05, 0.1) is 7.11 Å². The van der Waals surface area contributed by atoms with Crippen molar-refractivity contribution in [3.63, 3.8) is 0 Å². The van der Waals surface area contributed by atoms with Crippen LogP contribution in [0.3, 0.4) is 0 Å². The van der Waals surface area contributed by atoms with Gasteiger partial charge in [-0.2, -0.15) is 0 Å². The van der Waals surface area contributed by atoms with E-state index in [0.717, 1.165) is 28.0 Å². The lowest BCUT2D eigenvalue weighted by Gasteiger charge is -2.01. The van der Waals surface area contributed by atoms with Gasteiger partial charge >= 0.3 is 0 Å². The predicted molar refractivity (Wildman–Crippen MR) is 89.1 cm³/mol. The minimum absolute atomic E-state index is 0.756. The van der Waals surface area contributed by atoms with Gasteiger partial charge in [-0.3, -0.25) is 5.10 Å². The molecule has 0 atom stereocenters. The number of rotatable bonds is 5. The van der Waals surface area contributed by atoms with E-state index in [9.17, 15) is 0 Å². The van der Waals surface area contributed by atoms with Crippen LogP contribution in [0.4, 0.5) is 0 Å². The molecule has 0 spiro atoms. The summed E-state index contributed by atoms with van der Waals surface area (Å²) in [5.41, 5.74) is 3.50. The number of hydrogen-bond acceptors (Lipinski definition) is 4. The first-order chi connectivity index (χ1) is 10.7. The molecule has 3 aromatic rings. The lowest BCUT2D eigenvalue weighted by molar-refractivity contribution is 0.414. The maximum atomic E-state index is 5.16. The highest BCUT2D eigenvalue weighted by atomic mass is 32.2. The lowest BCUT2D eigenvalue weighted by atomic mass is 10.1. The van der Waals surface area contributed by atoms with Crippen molar-refractivity contribution >= 4 is 11.8 Å². The van der Waals surface area contributed by atoms with Gasteiger partial charge < -0.3 is 4.74 Å². The summed E-state index contributed by atoms with van der Waals surface area (Å²) in [4.78, 5) is 4.53. The normalized spacial score (nSPS) is 10.6. The van der Waals surface area contributed by atoms with Crippen molar-refractivity contribution < 1.29 is 4.74 Å². The number of nitrogens with zero attached hydrogens (tertiary/aromatic N) is 2. The Morgan fingerprint density at radius 2 is 1.77 bits per heavy atom. The van der Waals surface area contributed by atoms with Crippen LogP contribution in [0, 0.1) is 6.92 Å². The quantitative estimate of drug-likeness (QED) is 0.721. The van der Waals surface area contributed by atoms with E-state index in [4.69, 9.17) is 4.74 Å². The van der Waals surface area contributed by atoms with Gasteiger partial charge in [0.15, 0.2) is 5.82 Å². The van der Waals surface area contributed by atoms with Crippen LogP contribution >= 0.6 is 11.8 Å². The first-order valence-corrected chi connectivity index (χ1v) is 7.98. The molecule has 0 fully saturated rings. The van der Waals surface area contributed by atoms with E-state index in [0.29, 0.717) is 0 Å². The minimum Gasteiger partial charge on any atom is -0.497 e. The number of aryl methyl sites for hydroxylation is 1. The fraction of sp³-hybridized carbons (Fsp3) is 0.176. The van der Waals surface area contributed by atoms with Gasteiger partial charge in [0.1, 0.15) is 5.75 Å². The lowest BCUT2D eigenvalue weighted by Crippen LogP contribution is -1.85. The zero-order valence-electron chi connectivity index (χ0n) is 12.5. The molecule has 0 radical (unpaired) electrons. The smallest absolute Gasteiger partial charge is 0.209 e. The van der Waals surface area contributed by atoms with Gasteiger partial charge in [-0.1, -0.05) is 53.7 Å². The molecule has 112 valence electrons. The van der Waals surface area contributed by atoms with Gasteiger partial charge in [0, 0.05) is 11.3 Å². The average molecular weight is 311 g/mol. The predicted octanol–water partition coefficient (Wildman–Crippen LogP) is 4.08. The second kappa shape index (κ2) is 6.66. The number of H-pyrrole nitrogens is 1. The Morgan fingerprint density at radius 3 is 2.45 bits per heavy atom. The molecule has 1 N–H and O–H groups in total. The van der Waals surface area contributed by atoms with E-state index in [2.05, 4.69) is 46.4 Å². The molecule has 0 saturated carbocycles. The van der Waals surface area contributed by atoms with Crippen molar-refractivity contribution in [1.29, 1.82) is 0 Å². The molecular formula is C17H17N3OS. The van der Waals surface area contributed by atoms with Crippen LogP contribution < -0.4 is 4.74 Å². The summed E-state index contributed by atoms with van der Waals surface area (Å²) in [5, 5.41) is 8.02. The minimum atomic E-state index is 0.756. The summed E-state index contributed by atoms with van der Waals surface area (Å²) in [7, 11) is 1.67. The van der Waals surface area contributed by atoms with Crippen molar-refractivity contribution in [2.75, 3.05) is 7.11 Å². The number of aromatic nitrogens is 3. The molecule has 0 aliphatic heterocycles. The molecule has 22 heavy (non-hydrogen) atoms. The first kappa shape index (κ1) is 14.7. The molecule has 1 aromatic heterocycles. The maximum Gasteiger partial charge on any atom is 0.209 e. The van der Waals surface area contributed by atoms with Gasteiger partial charge in [-0.25, -0.2) is 4.98 Å². The summed E-state index contributed by atoms with van der Waals surface area (Å²) < 4.78 is 5.16. The molecule has 0 saturated heterocycles. The van der Waals surface area contributed by atoms with Crippen LogP contribution in [0.1, 0.15) is 11.1 Å². The summed E-state index contributed by atoms with van der Waals surface area (Å²) in [5.74, 6) is 2.50. The third kappa shape index (κ3) is 3.49. The highest BCUT2D eigenvalue weighted by Gasteiger charge is 2.06. The Morgan fingerprint density at radius 1 is 1.05 bits per heavy atom. The Balaban J connectivity index is 1.65. The number of thioether (sulfide) groups is 1. The third-order valence-electron chi connectivity index (χ3n) is 3.32. The Labute approximate surface area is 133 Å². The van der Waals surface area contributed by atoms with Crippen LogP contribution in [0.25, 0.3) is 11.4 Å². The molecule has 0 bridgehead atoms. The SMILES string of the molecule is COc1ccc(CSc2n[nH]c(-c3ccc(C)cc3)n2)cc1. The molecular weight excluding hydrogens is 294 g/mol. The van der Waals surface area contributed by atoms with Crippen LogP contribution in [0.5, 0.6) is 5.75 Å². The van der Waals surface area contributed by atoms with E-state index < -0.39 is 0 Å². The largest absolute Gasteiger partial charge is 0.497 e. The molecule has 0 amide bonds. The molecule has 2 aromatic carbocycles. The fourth-order valence-corrected chi connectivity index (χ4v) is 2.78.